The SMILES string of the molecule is Cc1ccc(-n2nccn2)c(C(=O)N2C[C@@H](NC(=O)OC(C)(C)C)CC[C@@H]2C)c1. The minimum Gasteiger partial charge on any atom is -0.444 e. The first-order valence-corrected chi connectivity index (χ1v) is 9.92. The van der Waals surface area contributed by atoms with E-state index in [1.807, 2.05) is 57.7 Å². The van der Waals surface area contributed by atoms with E-state index >= 15 is 0 Å². The van der Waals surface area contributed by atoms with Gasteiger partial charge in [-0.2, -0.15) is 15.0 Å². The Hall–Kier alpha value is -2.90. The van der Waals surface area contributed by atoms with Crippen LogP contribution >= 0.6 is 0 Å². The van der Waals surface area contributed by atoms with Gasteiger partial charge in [0.1, 0.15) is 5.60 Å². The van der Waals surface area contributed by atoms with Gasteiger partial charge in [-0.05, 0) is 59.6 Å². The van der Waals surface area contributed by atoms with Crippen LogP contribution in [0.2, 0.25) is 0 Å². The van der Waals surface area contributed by atoms with Crippen molar-refractivity contribution in [3.8, 4) is 5.69 Å². The van der Waals surface area contributed by atoms with E-state index in [1.165, 1.54) is 4.80 Å². The third-order valence-corrected chi connectivity index (χ3v) is 4.88. The fourth-order valence-corrected chi connectivity index (χ4v) is 3.47. The van der Waals surface area contributed by atoms with Crippen molar-refractivity contribution >= 4 is 12.0 Å². The van der Waals surface area contributed by atoms with Crippen molar-refractivity contribution in [3.05, 3.63) is 41.7 Å². The first-order valence-electron chi connectivity index (χ1n) is 9.92. The number of alkyl carbamates (subject to hydrolysis) is 1. The molecule has 1 N–H and O–H groups in total. The van der Waals surface area contributed by atoms with Crippen molar-refractivity contribution < 1.29 is 14.3 Å². The Morgan fingerprint density at radius 2 is 1.86 bits per heavy atom. The molecule has 1 saturated heterocycles. The molecule has 0 saturated carbocycles. The standard InChI is InChI=1S/C21H29N5O3/c1-14-6-9-18(26-22-10-11-23-26)17(12-14)19(27)25-13-16(8-7-15(25)2)24-20(28)29-21(3,4)5/h6,9-12,15-16H,7-8,13H2,1-5H3,(H,24,28)/t15-,16-/m0/s1. The lowest BCUT2D eigenvalue weighted by Gasteiger charge is -2.38. The van der Waals surface area contributed by atoms with E-state index in [0.29, 0.717) is 17.8 Å². The number of ether oxygens (including phenoxy) is 1. The smallest absolute Gasteiger partial charge is 0.407 e. The second-order valence-electron chi connectivity index (χ2n) is 8.57. The molecule has 0 aliphatic carbocycles. The first kappa shape index (κ1) is 20.8. The Bertz CT molecular complexity index is 873. The van der Waals surface area contributed by atoms with Crippen LogP contribution in [0.25, 0.3) is 5.69 Å². The number of amides is 2. The molecule has 0 spiro atoms. The summed E-state index contributed by atoms with van der Waals surface area (Å²) in [6.07, 6.45) is 4.30. The summed E-state index contributed by atoms with van der Waals surface area (Å²) < 4.78 is 5.36. The van der Waals surface area contributed by atoms with Crippen molar-refractivity contribution in [2.45, 2.75) is 65.1 Å². The summed E-state index contributed by atoms with van der Waals surface area (Å²) in [6.45, 7) is 9.89. The highest BCUT2D eigenvalue weighted by molar-refractivity contribution is 5.98. The quantitative estimate of drug-likeness (QED) is 0.857. The Morgan fingerprint density at radius 1 is 1.17 bits per heavy atom. The van der Waals surface area contributed by atoms with Crippen molar-refractivity contribution in [1.29, 1.82) is 0 Å². The number of carbonyl (C=O) groups excluding carboxylic acids is 2. The number of hydrogen-bond donors (Lipinski definition) is 1. The van der Waals surface area contributed by atoms with Gasteiger partial charge in [0, 0.05) is 18.6 Å². The maximum Gasteiger partial charge on any atom is 0.407 e. The van der Waals surface area contributed by atoms with Crippen LogP contribution in [0.4, 0.5) is 4.79 Å². The fraction of sp³-hybridized carbons (Fsp3) is 0.524. The fourth-order valence-electron chi connectivity index (χ4n) is 3.47. The molecule has 8 heteroatoms. The number of rotatable bonds is 3. The molecule has 0 bridgehead atoms. The van der Waals surface area contributed by atoms with Gasteiger partial charge in [0.25, 0.3) is 5.91 Å². The van der Waals surface area contributed by atoms with Gasteiger partial charge in [-0.1, -0.05) is 11.6 Å². The summed E-state index contributed by atoms with van der Waals surface area (Å²) in [6, 6.07) is 5.56. The molecule has 1 aliphatic heterocycles. The van der Waals surface area contributed by atoms with Crippen molar-refractivity contribution in [2.24, 2.45) is 0 Å². The maximum absolute atomic E-state index is 13.5. The monoisotopic (exact) mass is 399 g/mol. The van der Waals surface area contributed by atoms with Crippen LogP contribution in [-0.2, 0) is 4.74 Å². The number of nitrogens with one attached hydrogen (secondary N) is 1. The van der Waals surface area contributed by atoms with Gasteiger partial charge in [0.2, 0.25) is 0 Å². The molecule has 2 atom stereocenters. The zero-order chi connectivity index (χ0) is 21.2. The van der Waals surface area contributed by atoms with Crippen molar-refractivity contribution in [3.63, 3.8) is 0 Å². The highest BCUT2D eigenvalue weighted by Crippen LogP contribution is 2.24. The molecule has 1 fully saturated rings. The van der Waals surface area contributed by atoms with Gasteiger partial charge in [-0.25, -0.2) is 4.79 Å². The number of hydrogen-bond acceptors (Lipinski definition) is 5. The number of carbonyl (C=O) groups is 2. The molecule has 0 radical (unpaired) electrons. The van der Waals surface area contributed by atoms with Crippen LogP contribution in [0.3, 0.4) is 0 Å². The molecule has 0 unspecified atom stereocenters. The van der Waals surface area contributed by atoms with E-state index in [9.17, 15) is 9.59 Å². The van der Waals surface area contributed by atoms with E-state index in [1.54, 1.807) is 12.4 Å². The van der Waals surface area contributed by atoms with E-state index in [0.717, 1.165) is 18.4 Å². The Balaban J connectivity index is 1.80. The van der Waals surface area contributed by atoms with E-state index in [-0.39, 0.29) is 18.0 Å². The van der Waals surface area contributed by atoms with Gasteiger partial charge < -0.3 is 15.0 Å². The van der Waals surface area contributed by atoms with Gasteiger partial charge in [-0.15, -0.1) is 0 Å². The molecule has 1 aromatic carbocycles. The molecule has 8 nitrogen and oxygen atoms in total. The molecule has 1 aromatic heterocycles. The molecule has 2 heterocycles. The molecule has 3 rings (SSSR count). The van der Waals surface area contributed by atoms with Crippen molar-refractivity contribution in [1.82, 2.24) is 25.2 Å². The van der Waals surface area contributed by atoms with E-state index < -0.39 is 11.7 Å². The lowest BCUT2D eigenvalue weighted by atomic mass is 9.97. The highest BCUT2D eigenvalue weighted by atomic mass is 16.6. The first-order chi connectivity index (χ1) is 13.6. The molecule has 156 valence electrons. The third-order valence-electron chi connectivity index (χ3n) is 4.88. The van der Waals surface area contributed by atoms with Crippen LogP contribution in [0.1, 0.15) is 56.5 Å². The molecule has 1 aliphatic rings. The Labute approximate surface area is 171 Å². The van der Waals surface area contributed by atoms with E-state index in [4.69, 9.17) is 4.74 Å². The minimum absolute atomic E-state index is 0.0677. The second-order valence-corrected chi connectivity index (χ2v) is 8.57. The molecule has 2 aromatic rings. The van der Waals surface area contributed by atoms with Gasteiger partial charge in [-0.3, -0.25) is 4.79 Å². The number of aryl methyl sites for hydroxylation is 1. The Morgan fingerprint density at radius 3 is 2.52 bits per heavy atom. The largest absolute Gasteiger partial charge is 0.444 e. The summed E-state index contributed by atoms with van der Waals surface area (Å²) in [7, 11) is 0. The van der Waals surface area contributed by atoms with Crippen LogP contribution in [0.5, 0.6) is 0 Å². The predicted molar refractivity (Wildman–Crippen MR) is 109 cm³/mol. The van der Waals surface area contributed by atoms with Crippen LogP contribution in [0.15, 0.2) is 30.6 Å². The van der Waals surface area contributed by atoms with Crippen LogP contribution in [-0.4, -0.2) is 56.1 Å². The number of benzene rings is 1. The lowest BCUT2D eigenvalue weighted by molar-refractivity contribution is 0.0412. The van der Waals surface area contributed by atoms with Crippen LogP contribution < -0.4 is 5.32 Å². The minimum atomic E-state index is -0.561. The highest BCUT2D eigenvalue weighted by Gasteiger charge is 2.32. The summed E-state index contributed by atoms with van der Waals surface area (Å²) in [5.41, 5.74) is 1.61. The number of nitrogens with zero attached hydrogens (tertiary/aromatic N) is 4. The average molecular weight is 399 g/mol. The molecular formula is C21H29N5O3. The molecular weight excluding hydrogens is 370 g/mol. The number of aromatic nitrogens is 3. The lowest BCUT2D eigenvalue weighted by Crippen LogP contribution is -2.53. The zero-order valence-electron chi connectivity index (χ0n) is 17.7. The molecule has 2 amide bonds. The number of piperidine rings is 1. The van der Waals surface area contributed by atoms with Gasteiger partial charge >= 0.3 is 6.09 Å². The van der Waals surface area contributed by atoms with Crippen molar-refractivity contribution in [2.75, 3.05) is 6.54 Å². The summed E-state index contributed by atoms with van der Waals surface area (Å²) in [5.74, 6) is -0.0933. The summed E-state index contributed by atoms with van der Waals surface area (Å²) in [5, 5.41) is 11.2. The predicted octanol–water partition coefficient (Wildman–Crippen LogP) is 3.09. The maximum atomic E-state index is 13.5. The van der Waals surface area contributed by atoms with Gasteiger partial charge in [0.05, 0.1) is 23.6 Å². The summed E-state index contributed by atoms with van der Waals surface area (Å²) in [4.78, 5) is 28.9. The third kappa shape index (κ3) is 5.13. The Kier molecular flexibility index (Phi) is 5.91. The topological polar surface area (TPSA) is 89.4 Å². The van der Waals surface area contributed by atoms with E-state index in [2.05, 4.69) is 15.5 Å². The second kappa shape index (κ2) is 8.23. The van der Waals surface area contributed by atoms with Crippen LogP contribution in [0, 0.1) is 6.92 Å². The average Bonchev–Trinajstić information content (AvgIpc) is 3.15. The van der Waals surface area contributed by atoms with Gasteiger partial charge in [0.15, 0.2) is 0 Å². The number of likely N-dealkylation sites (tertiary alicyclic amines) is 1. The summed E-state index contributed by atoms with van der Waals surface area (Å²) >= 11 is 0. The zero-order valence-corrected chi connectivity index (χ0v) is 17.7. The normalized spacial score (nSPS) is 19.7. The molecule has 29 heavy (non-hydrogen) atoms.